The predicted molar refractivity (Wildman–Crippen MR) is 75.9 cm³/mol. The molecular formula is C13H29NO3Si. The molecule has 0 aliphatic carbocycles. The second-order valence-electron chi connectivity index (χ2n) is 5.43. The zero-order chi connectivity index (χ0) is 13.6. The van der Waals surface area contributed by atoms with Gasteiger partial charge in [0, 0.05) is 21.3 Å². The van der Waals surface area contributed by atoms with E-state index in [1.165, 1.54) is 12.8 Å². The standard InChI is InChI=1S/C13H29NO3Si/c1-12(11-14-2)10-13(15-3)8-6-7-9-18(13,16-4)17-5/h12,14H,6-11H2,1-5H3. The summed E-state index contributed by atoms with van der Waals surface area (Å²) < 4.78 is 17.7. The third kappa shape index (κ3) is 2.96. The molecule has 1 rings (SSSR count). The maximum Gasteiger partial charge on any atom is 0.370 e. The van der Waals surface area contributed by atoms with E-state index in [4.69, 9.17) is 13.6 Å². The number of rotatable bonds is 7. The van der Waals surface area contributed by atoms with Crippen LogP contribution in [0, 0.1) is 5.92 Å². The van der Waals surface area contributed by atoms with Gasteiger partial charge in [-0.05, 0) is 38.4 Å². The second kappa shape index (κ2) is 7.00. The molecule has 0 saturated carbocycles. The van der Waals surface area contributed by atoms with Crippen molar-refractivity contribution < 1.29 is 13.6 Å². The first-order valence-corrected chi connectivity index (χ1v) is 8.92. The number of ether oxygens (including phenoxy) is 1. The lowest BCUT2D eigenvalue weighted by Gasteiger charge is -2.48. The molecule has 1 N–H and O–H groups in total. The van der Waals surface area contributed by atoms with Crippen LogP contribution in [0.15, 0.2) is 0 Å². The van der Waals surface area contributed by atoms with Gasteiger partial charge in [-0.1, -0.05) is 19.8 Å². The van der Waals surface area contributed by atoms with Crippen LogP contribution >= 0.6 is 0 Å². The minimum Gasteiger partial charge on any atom is -0.396 e. The van der Waals surface area contributed by atoms with E-state index in [1.54, 1.807) is 14.2 Å². The van der Waals surface area contributed by atoms with E-state index in [0.717, 1.165) is 25.4 Å². The van der Waals surface area contributed by atoms with Gasteiger partial charge in [0.05, 0.1) is 0 Å². The molecule has 0 aromatic heterocycles. The summed E-state index contributed by atoms with van der Waals surface area (Å²) in [5, 5.41) is 3.05. The summed E-state index contributed by atoms with van der Waals surface area (Å²) in [5.74, 6) is 0.560. The Bertz CT molecular complexity index is 248. The average molecular weight is 275 g/mol. The Morgan fingerprint density at radius 2 is 1.89 bits per heavy atom. The summed E-state index contributed by atoms with van der Waals surface area (Å²) in [6.07, 6.45) is 4.48. The molecule has 1 fully saturated rings. The van der Waals surface area contributed by atoms with Crippen LogP contribution in [0.1, 0.15) is 32.6 Å². The predicted octanol–water partition coefficient (Wildman–Crippen LogP) is 2.08. The normalized spacial score (nSPS) is 29.2. The molecular weight excluding hydrogens is 246 g/mol. The van der Waals surface area contributed by atoms with Crippen LogP contribution in [-0.2, 0) is 13.6 Å². The van der Waals surface area contributed by atoms with Gasteiger partial charge in [-0.3, -0.25) is 0 Å². The summed E-state index contributed by atoms with van der Waals surface area (Å²) in [6, 6.07) is 1.04. The monoisotopic (exact) mass is 275 g/mol. The summed E-state index contributed by atoms with van der Waals surface area (Å²) >= 11 is 0. The average Bonchev–Trinajstić information content (AvgIpc) is 2.39. The van der Waals surface area contributed by atoms with Gasteiger partial charge in [0.15, 0.2) is 0 Å². The van der Waals surface area contributed by atoms with Crippen LogP contribution in [0.4, 0.5) is 0 Å². The summed E-state index contributed by atoms with van der Waals surface area (Å²) in [6.45, 7) is 3.26. The summed E-state index contributed by atoms with van der Waals surface area (Å²) in [4.78, 5) is 0. The van der Waals surface area contributed by atoms with Gasteiger partial charge in [0.2, 0.25) is 0 Å². The fraction of sp³-hybridized carbons (Fsp3) is 1.00. The van der Waals surface area contributed by atoms with E-state index in [-0.39, 0.29) is 5.22 Å². The van der Waals surface area contributed by atoms with Crippen LogP contribution in [0.5, 0.6) is 0 Å². The number of methoxy groups -OCH3 is 1. The van der Waals surface area contributed by atoms with Crippen LogP contribution in [0.25, 0.3) is 0 Å². The Kier molecular flexibility index (Phi) is 6.27. The molecule has 1 heterocycles. The Morgan fingerprint density at radius 3 is 2.39 bits per heavy atom. The maximum atomic E-state index is 5.98. The van der Waals surface area contributed by atoms with Gasteiger partial charge in [0.25, 0.3) is 0 Å². The zero-order valence-corrected chi connectivity index (χ0v) is 13.5. The smallest absolute Gasteiger partial charge is 0.370 e. The Morgan fingerprint density at radius 1 is 1.22 bits per heavy atom. The van der Waals surface area contributed by atoms with Crippen molar-refractivity contribution in [3.63, 3.8) is 0 Å². The quantitative estimate of drug-likeness (QED) is 0.722. The highest BCUT2D eigenvalue weighted by atomic mass is 28.4. The van der Waals surface area contributed by atoms with E-state index in [1.807, 2.05) is 14.2 Å². The molecule has 108 valence electrons. The third-order valence-corrected chi connectivity index (χ3v) is 8.69. The van der Waals surface area contributed by atoms with E-state index in [2.05, 4.69) is 12.2 Å². The van der Waals surface area contributed by atoms with Crippen molar-refractivity contribution in [1.82, 2.24) is 5.32 Å². The molecule has 0 amide bonds. The SMILES string of the molecule is CNCC(C)CC1(OC)CCCC[Si]1(OC)OC. The van der Waals surface area contributed by atoms with E-state index < -0.39 is 8.56 Å². The van der Waals surface area contributed by atoms with Crippen LogP contribution in [0.2, 0.25) is 6.04 Å². The number of hydrogen-bond donors (Lipinski definition) is 1. The highest BCUT2D eigenvalue weighted by molar-refractivity contribution is 6.70. The van der Waals surface area contributed by atoms with Gasteiger partial charge in [0.1, 0.15) is 5.22 Å². The van der Waals surface area contributed by atoms with Crippen LogP contribution in [0.3, 0.4) is 0 Å². The lowest BCUT2D eigenvalue weighted by atomic mass is 9.98. The summed E-state index contributed by atoms with van der Waals surface area (Å²) in [5.41, 5.74) is 0. The first-order valence-electron chi connectivity index (χ1n) is 6.90. The lowest BCUT2D eigenvalue weighted by molar-refractivity contribution is -0.0233. The minimum absolute atomic E-state index is 0.189. The molecule has 1 aliphatic rings. The van der Waals surface area contributed by atoms with E-state index >= 15 is 0 Å². The highest BCUT2D eigenvalue weighted by Crippen LogP contribution is 2.43. The van der Waals surface area contributed by atoms with Crippen molar-refractivity contribution in [2.75, 3.05) is 34.9 Å². The molecule has 0 aromatic rings. The van der Waals surface area contributed by atoms with Gasteiger partial charge in [-0.2, -0.15) is 0 Å². The molecule has 2 atom stereocenters. The Labute approximate surface area is 113 Å². The van der Waals surface area contributed by atoms with Gasteiger partial charge in [-0.15, -0.1) is 0 Å². The fourth-order valence-corrected chi connectivity index (χ4v) is 7.45. The second-order valence-corrected chi connectivity index (χ2v) is 9.17. The van der Waals surface area contributed by atoms with Crippen molar-refractivity contribution in [1.29, 1.82) is 0 Å². The van der Waals surface area contributed by atoms with Crippen molar-refractivity contribution in [3.05, 3.63) is 0 Å². The Hall–Kier alpha value is 0.0569. The van der Waals surface area contributed by atoms with E-state index in [0.29, 0.717) is 5.92 Å². The van der Waals surface area contributed by atoms with Crippen LogP contribution < -0.4 is 5.32 Å². The largest absolute Gasteiger partial charge is 0.396 e. The first kappa shape index (κ1) is 16.1. The molecule has 0 radical (unpaired) electrons. The zero-order valence-electron chi connectivity index (χ0n) is 12.5. The molecule has 0 bridgehead atoms. The molecule has 1 saturated heterocycles. The minimum atomic E-state index is -2.25. The molecule has 2 unspecified atom stereocenters. The molecule has 0 aromatic carbocycles. The highest BCUT2D eigenvalue weighted by Gasteiger charge is 2.59. The van der Waals surface area contributed by atoms with Gasteiger partial charge < -0.3 is 18.9 Å². The fourth-order valence-electron chi connectivity index (χ4n) is 3.43. The molecule has 0 spiro atoms. The Balaban J connectivity index is 2.92. The van der Waals surface area contributed by atoms with Crippen molar-refractivity contribution in [3.8, 4) is 0 Å². The molecule has 18 heavy (non-hydrogen) atoms. The summed E-state index contributed by atoms with van der Waals surface area (Å²) in [7, 11) is 5.14. The topological polar surface area (TPSA) is 39.7 Å². The van der Waals surface area contributed by atoms with Crippen molar-refractivity contribution >= 4 is 8.56 Å². The van der Waals surface area contributed by atoms with E-state index in [9.17, 15) is 0 Å². The molecule has 5 heteroatoms. The van der Waals surface area contributed by atoms with Crippen molar-refractivity contribution in [2.24, 2.45) is 5.92 Å². The molecule has 1 aliphatic heterocycles. The first-order chi connectivity index (χ1) is 8.59. The van der Waals surface area contributed by atoms with Gasteiger partial charge >= 0.3 is 8.56 Å². The molecule has 4 nitrogen and oxygen atoms in total. The third-order valence-electron chi connectivity index (χ3n) is 4.31. The van der Waals surface area contributed by atoms with Crippen LogP contribution in [-0.4, -0.2) is 48.7 Å². The van der Waals surface area contributed by atoms with Crippen molar-refractivity contribution in [2.45, 2.75) is 43.9 Å². The number of nitrogens with one attached hydrogen (secondary N) is 1. The lowest BCUT2D eigenvalue weighted by Crippen LogP contribution is -2.65. The van der Waals surface area contributed by atoms with Gasteiger partial charge in [-0.25, -0.2) is 0 Å². The number of hydrogen-bond acceptors (Lipinski definition) is 4. The maximum absolute atomic E-state index is 5.98.